The number of nitrogens with zero attached hydrogens (tertiary/aromatic N) is 2. The van der Waals surface area contributed by atoms with Crippen molar-refractivity contribution in [2.24, 2.45) is 0 Å². The van der Waals surface area contributed by atoms with E-state index < -0.39 is 18.3 Å². The Morgan fingerprint density at radius 3 is 2.59 bits per heavy atom. The first kappa shape index (κ1) is 17.5. The summed E-state index contributed by atoms with van der Waals surface area (Å²) >= 11 is 0. The van der Waals surface area contributed by atoms with E-state index in [2.05, 4.69) is 27.7 Å². The molecule has 0 N–H and O–H groups in total. The van der Waals surface area contributed by atoms with Gasteiger partial charge in [0.25, 0.3) is 0 Å². The zero-order chi connectivity index (χ0) is 18.8. The molecule has 3 aliphatic rings. The highest BCUT2D eigenvalue weighted by Gasteiger charge is 2.54. The van der Waals surface area contributed by atoms with Crippen molar-refractivity contribution >= 4 is 12.7 Å². The quantitative estimate of drug-likeness (QED) is 0.760. The number of aromatic nitrogens is 2. The van der Waals surface area contributed by atoms with Gasteiger partial charge in [-0.1, -0.05) is 0 Å². The van der Waals surface area contributed by atoms with E-state index in [1.54, 1.807) is 6.26 Å². The van der Waals surface area contributed by atoms with E-state index in [0.717, 1.165) is 55.8 Å². The Bertz CT molecular complexity index is 847. The van der Waals surface area contributed by atoms with Crippen molar-refractivity contribution in [2.45, 2.75) is 77.2 Å². The fraction of sp³-hybridized carbons (Fsp3) is 0.650. The predicted octanol–water partition coefficient (Wildman–Crippen LogP) is 3.24. The van der Waals surface area contributed by atoms with Crippen molar-refractivity contribution in [3.05, 3.63) is 23.5 Å². The van der Waals surface area contributed by atoms with Gasteiger partial charge >= 0.3 is 7.12 Å². The topological polar surface area (TPSA) is 58.7 Å². The molecule has 2 aromatic heterocycles. The van der Waals surface area contributed by atoms with E-state index in [0.29, 0.717) is 0 Å². The summed E-state index contributed by atoms with van der Waals surface area (Å²) in [5.74, 6) is 0.878. The summed E-state index contributed by atoms with van der Waals surface area (Å²) in [5, 5.41) is 4.97. The Balaban J connectivity index is 1.64. The fourth-order valence-corrected chi connectivity index (χ4v) is 4.25. The van der Waals surface area contributed by atoms with Crippen molar-refractivity contribution < 1.29 is 18.5 Å². The summed E-state index contributed by atoms with van der Waals surface area (Å²) in [6.45, 7) is 9.11. The number of ether oxygens (including phenoxy) is 1. The van der Waals surface area contributed by atoms with Crippen LogP contribution >= 0.6 is 0 Å². The summed E-state index contributed by atoms with van der Waals surface area (Å²) in [5.41, 5.74) is 3.52. The SMILES string of the molecule is CC1(C)OB(c2c3c(nn2C2CCCCO2)-c2occc2CC3)OC1(C)C. The average molecular weight is 370 g/mol. The van der Waals surface area contributed by atoms with Crippen LogP contribution in [0.3, 0.4) is 0 Å². The molecule has 2 saturated heterocycles. The molecule has 0 aromatic carbocycles. The lowest BCUT2D eigenvalue weighted by atomic mass is 9.77. The number of aryl methyl sites for hydroxylation is 1. The average Bonchev–Trinajstić information content (AvgIpc) is 3.29. The lowest BCUT2D eigenvalue weighted by Crippen LogP contribution is -2.44. The molecule has 0 saturated carbocycles. The monoisotopic (exact) mass is 370 g/mol. The molecule has 0 bridgehead atoms. The predicted molar refractivity (Wildman–Crippen MR) is 102 cm³/mol. The first-order chi connectivity index (χ1) is 12.9. The Kier molecular flexibility index (Phi) is 3.87. The van der Waals surface area contributed by atoms with E-state index in [-0.39, 0.29) is 6.23 Å². The van der Waals surface area contributed by atoms with E-state index in [1.165, 1.54) is 11.1 Å². The molecular weight excluding hydrogens is 343 g/mol. The molecule has 2 fully saturated rings. The molecule has 144 valence electrons. The second-order valence-electron chi connectivity index (χ2n) is 8.84. The molecule has 2 aromatic rings. The lowest BCUT2D eigenvalue weighted by Gasteiger charge is -2.32. The van der Waals surface area contributed by atoms with Crippen LogP contribution in [0.15, 0.2) is 16.7 Å². The second kappa shape index (κ2) is 5.96. The summed E-state index contributed by atoms with van der Waals surface area (Å²) < 4.78 is 26.7. The Morgan fingerprint density at radius 1 is 1.11 bits per heavy atom. The Hall–Kier alpha value is -1.57. The third-order valence-corrected chi connectivity index (χ3v) is 6.56. The molecule has 0 radical (unpaired) electrons. The number of rotatable bonds is 2. The zero-order valence-electron chi connectivity index (χ0n) is 16.6. The van der Waals surface area contributed by atoms with E-state index in [4.69, 9.17) is 23.6 Å². The maximum absolute atomic E-state index is 6.41. The smallest absolute Gasteiger partial charge is 0.462 e. The van der Waals surface area contributed by atoms with Crippen LogP contribution in [0, 0.1) is 0 Å². The Morgan fingerprint density at radius 2 is 1.89 bits per heavy atom. The Labute approximate surface area is 160 Å². The molecule has 1 aliphatic carbocycles. The van der Waals surface area contributed by atoms with Crippen molar-refractivity contribution in [2.75, 3.05) is 6.61 Å². The molecule has 6 nitrogen and oxygen atoms in total. The normalized spacial score (nSPS) is 26.1. The van der Waals surface area contributed by atoms with E-state index in [1.807, 2.05) is 10.7 Å². The molecule has 27 heavy (non-hydrogen) atoms. The van der Waals surface area contributed by atoms with Gasteiger partial charge in [-0.15, -0.1) is 0 Å². The molecule has 2 aliphatic heterocycles. The van der Waals surface area contributed by atoms with Crippen LogP contribution in [0.1, 0.15) is 64.3 Å². The molecule has 0 amide bonds. The maximum atomic E-state index is 6.41. The molecule has 0 spiro atoms. The molecule has 7 heteroatoms. The van der Waals surface area contributed by atoms with Gasteiger partial charge in [-0.2, -0.15) is 5.10 Å². The van der Waals surface area contributed by atoms with Crippen molar-refractivity contribution in [3.63, 3.8) is 0 Å². The standard InChI is InChI=1S/C20H27BN2O4/c1-19(2)20(3,4)27-21(26-19)18-14-9-8-13-10-12-25-17(13)16(14)22-23(18)15-7-5-6-11-24-15/h10,12,15H,5-9,11H2,1-4H3. The van der Waals surface area contributed by atoms with Crippen molar-refractivity contribution in [1.29, 1.82) is 0 Å². The highest BCUT2D eigenvalue weighted by atomic mass is 16.7. The van der Waals surface area contributed by atoms with Crippen molar-refractivity contribution in [3.8, 4) is 11.5 Å². The fourth-order valence-electron chi connectivity index (χ4n) is 4.25. The second-order valence-corrected chi connectivity index (χ2v) is 8.84. The van der Waals surface area contributed by atoms with E-state index >= 15 is 0 Å². The molecule has 5 rings (SSSR count). The molecule has 1 atom stereocenters. The minimum atomic E-state index is -0.451. The van der Waals surface area contributed by atoms with E-state index in [9.17, 15) is 0 Å². The number of hydrogen-bond acceptors (Lipinski definition) is 5. The van der Waals surface area contributed by atoms with Crippen molar-refractivity contribution in [1.82, 2.24) is 9.78 Å². The van der Waals surface area contributed by atoms with Crippen LogP contribution in [-0.2, 0) is 26.9 Å². The summed E-state index contributed by atoms with van der Waals surface area (Å²) in [6.07, 6.45) is 6.74. The van der Waals surface area contributed by atoms with Crippen LogP contribution < -0.4 is 5.59 Å². The first-order valence-corrected chi connectivity index (χ1v) is 10.0. The van der Waals surface area contributed by atoms with Crippen LogP contribution in [0.4, 0.5) is 0 Å². The van der Waals surface area contributed by atoms with Gasteiger partial charge in [-0.05, 0) is 65.9 Å². The van der Waals surface area contributed by atoms with Crippen LogP contribution in [0.2, 0.25) is 0 Å². The van der Waals surface area contributed by atoms with Crippen LogP contribution in [0.25, 0.3) is 11.5 Å². The van der Waals surface area contributed by atoms with Gasteiger partial charge in [-0.25, -0.2) is 4.68 Å². The van der Waals surface area contributed by atoms with Gasteiger partial charge < -0.3 is 18.5 Å². The third kappa shape index (κ3) is 2.63. The lowest BCUT2D eigenvalue weighted by molar-refractivity contribution is -0.0378. The molecule has 4 heterocycles. The van der Waals surface area contributed by atoms with Crippen LogP contribution in [0.5, 0.6) is 0 Å². The largest absolute Gasteiger partial charge is 0.514 e. The van der Waals surface area contributed by atoms with Gasteiger partial charge in [0.2, 0.25) is 0 Å². The number of fused-ring (bicyclic) bond motifs is 3. The third-order valence-electron chi connectivity index (χ3n) is 6.56. The van der Waals surface area contributed by atoms with Gasteiger partial charge in [0.15, 0.2) is 5.76 Å². The minimum Gasteiger partial charge on any atom is -0.462 e. The molecule has 1 unspecified atom stereocenters. The van der Waals surface area contributed by atoms with Gasteiger partial charge in [0.1, 0.15) is 11.9 Å². The molecular formula is C20H27BN2O4. The maximum Gasteiger partial charge on any atom is 0.514 e. The zero-order valence-corrected chi connectivity index (χ0v) is 16.6. The summed E-state index contributed by atoms with van der Waals surface area (Å²) in [6, 6.07) is 2.04. The van der Waals surface area contributed by atoms with Crippen LogP contribution in [-0.4, -0.2) is 34.7 Å². The number of hydrogen-bond donors (Lipinski definition) is 0. The first-order valence-electron chi connectivity index (χ1n) is 10.0. The minimum absolute atomic E-state index is 0.0724. The number of furan rings is 1. The van der Waals surface area contributed by atoms with Gasteiger partial charge in [0, 0.05) is 17.7 Å². The highest BCUT2D eigenvalue weighted by Crippen LogP contribution is 2.39. The summed E-state index contributed by atoms with van der Waals surface area (Å²) in [7, 11) is -0.451. The summed E-state index contributed by atoms with van der Waals surface area (Å²) in [4.78, 5) is 0. The highest BCUT2D eigenvalue weighted by molar-refractivity contribution is 6.62. The van der Waals surface area contributed by atoms with Gasteiger partial charge in [0.05, 0.1) is 23.1 Å². The van der Waals surface area contributed by atoms with Gasteiger partial charge in [-0.3, -0.25) is 0 Å².